The molecule has 0 radical (unpaired) electrons. The van der Waals surface area contributed by atoms with E-state index in [0.717, 1.165) is 21.9 Å². The van der Waals surface area contributed by atoms with E-state index in [9.17, 15) is 4.39 Å². The minimum absolute atomic E-state index is 0.263. The van der Waals surface area contributed by atoms with Crippen LogP contribution in [0.1, 0.15) is 5.56 Å². The van der Waals surface area contributed by atoms with Gasteiger partial charge in [0.2, 0.25) is 0 Å². The van der Waals surface area contributed by atoms with E-state index in [2.05, 4.69) is 11.1 Å². The summed E-state index contributed by atoms with van der Waals surface area (Å²) in [4.78, 5) is 4.04. The van der Waals surface area contributed by atoms with Gasteiger partial charge in [0.05, 0.1) is 5.56 Å². The monoisotopic (exact) mass is 248 g/mol. The first-order valence-electron chi connectivity index (χ1n) is 5.82. The van der Waals surface area contributed by atoms with Crippen LogP contribution in [-0.2, 0) is 0 Å². The van der Waals surface area contributed by atoms with Gasteiger partial charge in [-0.2, -0.15) is 5.26 Å². The van der Waals surface area contributed by atoms with Crippen molar-refractivity contribution in [2.45, 2.75) is 0 Å². The maximum absolute atomic E-state index is 13.2. The van der Waals surface area contributed by atoms with Crippen molar-refractivity contribution in [3.63, 3.8) is 0 Å². The molecule has 0 bridgehead atoms. The Kier molecular flexibility index (Phi) is 2.70. The average Bonchev–Trinajstić information content (AvgIpc) is 2.46. The van der Waals surface area contributed by atoms with Gasteiger partial charge in [-0.15, -0.1) is 0 Å². The zero-order valence-corrected chi connectivity index (χ0v) is 9.97. The summed E-state index contributed by atoms with van der Waals surface area (Å²) >= 11 is 0. The van der Waals surface area contributed by atoms with E-state index in [1.165, 1.54) is 12.1 Å². The summed E-state index contributed by atoms with van der Waals surface area (Å²) < 4.78 is 13.2. The number of aromatic nitrogens is 1. The van der Waals surface area contributed by atoms with Gasteiger partial charge in [0, 0.05) is 23.2 Å². The Balaban J connectivity index is 2.21. The number of benzene rings is 2. The molecule has 0 atom stereocenters. The summed E-state index contributed by atoms with van der Waals surface area (Å²) in [5.41, 5.74) is 2.26. The molecule has 19 heavy (non-hydrogen) atoms. The molecular formula is C16H9FN2. The van der Waals surface area contributed by atoms with Crippen LogP contribution >= 0.6 is 0 Å². The van der Waals surface area contributed by atoms with Gasteiger partial charge >= 0.3 is 0 Å². The molecule has 0 aliphatic rings. The third-order valence-electron chi connectivity index (χ3n) is 3.04. The highest BCUT2D eigenvalue weighted by Crippen LogP contribution is 2.25. The molecule has 0 fully saturated rings. The van der Waals surface area contributed by atoms with E-state index in [1.54, 1.807) is 18.5 Å². The molecule has 2 aromatic carbocycles. The summed E-state index contributed by atoms with van der Waals surface area (Å²) in [6, 6.07) is 14.2. The van der Waals surface area contributed by atoms with Crippen LogP contribution in [0.2, 0.25) is 0 Å². The highest BCUT2D eigenvalue weighted by atomic mass is 19.1. The van der Waals surface area contributed by atoms with Crippen molar-refractivity contribution in [1.82, 2.24) is 4.98 Å². The lowest BCUT2D eigenvalue weighted by atomic mass is 10.0. The van der Waals surface area contributed by atoms with Crippen molar-refractivity contribution in [1.29, 1.82) is 5.26 Å². The highest BCUT2D eigenvalue weighted by Gasteiger charge is 2.04. The largest absolute Gasteiger partial charge is 0.263 e. The Morgan fingerprint density at radius 2 is 1.84 bits per heavy atom. The molecule has 1 aromatic heterocycles. The van der Waals surface area contributed by atoms with Crippen LogP contribution in [0.4, 0.5) is 4.39 Å². The molecule has 0 aliphatic carbocycles. The summed E-state index contributed by atoms with van der Waals surface area (Å²) in [5.74, 6) is -0.263. The number of hydrogen-bond donors (Lipinski definition) is 0. The Hall–Kier alpha value is -2.73. The van der Waals surface area contributed by atoms with E-state index in [0.29, 0.717) is 5.56 Å². The fourth-order valence-electron chi connectivity index (χ4n) is 2.11. The molecule has 0 N–H and O–H groups in total. The SMILES string of the molecule is N#Cc1cncc2cc(-c3cccc(F)c3)ccc12. The molecule has 3 rings (SSSR count). The second kappa shape index (κ2) is 4.51. The molecule has 90 valence electrons. The zero-order valence-electron chi connectivity index (χ0n) is 9.97. The fraction of sp³-hybridized carbons (Fsp3) is 0. The second-order valence-electron chi connectivity index (χ2n) is 4.25. The number of pyridine rings is 1. The van der Waals surface area contributed by atoms with Crippen LogP contribution in [-0.4, -0.2) is 4.98 Å². The van der Waals surface area contributed by atoms with E-state index in [1.807, 2.05) is 24.3 Å². The van der Waals surface area contributed by atoms with Crippen molar-refractivity contribution >= 4 is 10.8 Å². The van der Waals surface area contributed by atoms with Gasteiger partial charge in [0.15, 0.2) is 0 Å². The molecule has 0 unspecified atom stereocenters. The number of nitriles is 1. The second-order valence-corrected chi connectivity index (χ2v) is 4.25. The van der Waals surface area contributed by atoms with Gasteiger partial charge in [-0.1, -0.05) is 24.3 Å². The van der Waals surface area contributed by atoms with Crippen LogP contribution < -0.4 is 0 Å². The van der Waals surface area contributed by atoms with E-state index < -0.39 is 0 Å². The smallest absolute Gasteiger partial charge is 0.123 e. The maximum Gasteiger partial charge on any atom is 0.123 e. The Labute approximate surface area is 109 Å². The van der Waals surface area contributed by atoms with Crippen molar-refractivity contribution in [2.75, 3.05) is 0 Å². The van der Waals surface area contributed by atoms with Crippen molar-refractivity contribution < 1.29 is 4.39 Å². The molecule has 0 saturated heterocycles. The summed E-state index contributed by atoms with van der Waals surface area (Å²) in [5, 5.41) is 10.8. The third kappa shape index (κ3) is 2.04. The number of fused-ring (bicyclic) bond motifs is 1. The normalized spacial score (nSPS) is 10.3. The Morgan fingerprint density at radius 3 is 2.63 bits per heavy atom. The molecule has 3 heteroatoms. The minimum atomic E-state index is -0.263. The number of nitrogens with zero attached hydrogens (tertiary/aromatic N) is 2. The first-order valence-corrected chi connectivity index (χ1v) is 5.82. The van der Waals surface area contributed by atoms with Crippen LogP contribution in [0.15, 0.2) is 54.9 Å². The van der Waals surface area contributed by atoms with E-state index >= 15 is 0 Å². The van der Waals surface area contributed by atoms with Crippen LogP contribution in [0.25, 0.3) is 21.9 Å². The van der Waals surface area contributed by atoms with Gasteiger partial charge in [-0.3, -0.25) is 4.98 Å². The van der Waals surface area contributed by atoms with Gasteiger partial charge in [0.25, 0.3) is 0 Å². The molecule has 1 heterocycles. The van der Waals surface area contributed by atoms with Gasteiger partial charge in [0.1, 0.15) is 11.9 Å². The molecular weight excluding hydrogens is 239 g/mol. The topological polar surface area (TPSA) is 36.7 Å². The number of hydrogen-bond acceptors (Lipinski definition) is 2. The predicted molar refractivity (Wildman–Crippen MR) is 71.9 cm³/mol. The fourth-order valence-corrected chi connectivity index (χ4v) is 2.11. The average molecular weight is 248 g/mol. The first-order chi connectivity index (χ1) is 9.28. The maximum atomic E-state index is 13.2. The molecule has 0 spiro atoms. The molecule has 0 amide bonds. The quantitative estimate of drug-likeness (QED) is 0.654. The van der Waals surface area contributed by atoms with Crippen molar-refractivity contribution in [3.05, 3.63) is 66.2 Å². The molecule has 3 aromatic rings. The van der Waals surface area contributed by atoms with Crippen LogP contribution in [0.3, 0.4) is 0 Å². The Morgan fingerprint density at radius 1 is 1.00 bits per heavy atom. The first kappa shape index (κ1) is 11.4. The molecule has 0 aliphatic heterocycles. The summed E-state index contributed by atoms with van der Waals surface area (Å²) in [6.07, 6.45) is 3.25. The minimum Gasteiger partial charge on any atom is -0.263 e. The summed E-state index contributed by atoms with van der Waals surface area (Å²) in [7, 11) is 0. The van der Waals surface area contributed by atoms with Crippen molar-refractivity contribution in [3.8, 4) is 17.2 Å². The highest BCUT2D eigenvalue weighted by molar-refractivity contribution is 5.90. The predicted octanol–water partition coefficient (Wildman–Crippen LogP) is 3.91. The Bertz CT molecular complexity index is 803. The lowest BCUT2D eigenvalue weighted by molar-refractivity contribution is 0.628. The number of halogens is 1. The number of rotatable bonds is 1. The van der Waals surface area contributed by atoms with E-state index in [4.69, 9.17) is 5.26 Å². The lowest BCUT2D eigenvalue weighted by Gasteiger charge is -2.05. The van der Waals surface area contributed by atoms with Gasteiger partial charge < -0.3 is 0 Å². The van der Waals surface area contributed by atoms with Gasteiger partial charge in [-0.25, -0.2) is 4.39 Å². The van der Waals surface area contributed by atoms with E-state index in [-0.39, 0.29) is 5.82 Å². The van der Waals surface area contributed by atoms with Crippen LogP contribution in [0, 0.1) is 17.1 Å². The standard InChI is InChI=1S/C16H9FN2/c17-15-3-1-2-11(7-15)12-4-5-16-13(6-12)9-19-10-14(16)8-18/h1-7,9-10H. The van der Waals surface area contributed by atoms with Crippen LogP contribution in [0.5, 0.6) is 0 Å². The van der Waals surface area contributed by atoms with Crippen molar-refractivity contribution in [2.24, 2.45) is 0 Å². The molecule has 0 saturated carbocycles. The molecule has 2 nitrogen and oxygen atoms in total. The summed E-state index contributed by atoms with van der Waals surface area (Å²) in [6.45, 7) is 0. The van der Waals surface area contributed by atoms with Gasteiger partial charge in [-0.05, 0) is 29.3 Å². The lowest BCUT2D eigenvalue weighted by Crippen LogP contribution is -1.85. The third-order valence-corrected chi connectivity index (χ3v) is 3.04. The zero-order chi connectivity index (χ0) is 13.2.